The van der Waals surface area contributed by atoms with Crippen molar-refractivity contribution in [2.45, 2.75) is 18.9 Å². The van der Waals surface area contributed by atoms with E-state index in [1.165, 1.54) is 21.3 Å². The van der Waals surface area contributed by atoms with E-state index in [4.69, 9.17) is 19.2 Å². The molecule has 4 rings (SSSR count). The second-order valence-electron chi connectivity index (χ2n) is 7.59. The quantitative estimate of drug-likeness (QED) is 0.585. The van der Waals surface area contributed by atoms with Crippen LogP contribution < -0.4 is 24.4 Å². The number of carbonyl (C=O) groups excluding carboxylic acids is 1. The number of nitrogens with one attached hydrogen (secondary N) is 1. The average molecular weight is 437 g/mol. The second kappa shape index (κ2) is 9.32. The fourth-order valence-corrected chi connectivity index (χ4v) is 4.18. The van der Waals surface area contributed by atoms with E-state index in [9.17, 15) is 9.90 Å². The maximum atomic E-state index is 13.4. The Hall–Kier alpha value is -3.52. The average Bonchev–Trinajstić information content (AvgIpc) is 3.31. The van der Waals surface area contributed by atoms with Crippen LogP contribution in [0.15, 0.2) is 42.5 Å². The van der Waals surface area contributed by atoms with Crippen molar-refractivity contribution < 1.29 is 24.1 Å². The number of methoxy groups -OCH3 is 3. The molecule has 1 aromatic heterocycles. The van der Waals surface area contributed by atoms with Crippen molar-refractivity contribution in [2.75, 3.05) is 44.7 Å². The number of aromatic nitrogens is 1. The van der Waals surface area contributed by atoms with Gasteiger partial charge in [-0.15, -0.1) is 0 Å². The Bertz CT molecular complexity index is 1110. The number of aliphatic hydroxyl groups is 1. The molecule has 2 heterocycles. The summed E-state index contributed by atoms with van der Waals surface area (Å²) in [6, 6.07) is 12.7. The minimum atomic E-state index is -0.279. The minimum Gasteiger partial charge on any atom is -0.493 e. The number of carbonyl (C=O) groups is 1. The largest absolute Gasteiger partial charge is 0.493 e. The standard InChI is InChI=1S/C24H27N3O5/c1-30-20-11-15(12-21(31-2)23(20)32-3)25-24(29)18-13-22(27-10-6-7-16(27)14-28)26-19-9-5-4-8-17(18)19/h4-5,8-9,11-13,16,28H,6-7,10,14H2,1-3H3,(H,25,29). The molecule has 3 aromatic rings. The van der Waals surface area contributed by atoms with E-state index in [0.717, 1.165) is 30.3 Å². The van der Waals surface area contributed by atoms with Crippen molar-refractivity contribution in [3.8, 4) is 17.2 Å². The van der Waals surface area contributed by atoms with E-state index in [0.29, 0.717) is 34.3 Å². The number of nitrogens with zero attached hydrogens (tertiary/aromatic N) is 2. The summed E-state index contributed by atoms with van der Waals surface area (Å²) < 4.78 is 16.1. The molecule has 0 saturated carbocycles. The predicted octanol–water partition coefficient (Wildman–Crippen LogP) is 3.47. The topological polar surface area (TPSA) is 93.2 Å². The van der Waals surface area contributed by atoms with Crippen LogP contribution in [0, 0.1) is 0 Å². The molecule has 1 aliphatic rings. The fourth-order valence-electron chi connectivity index (χ4n) is 4.18. The molecule has 0 bridgehead atoms. The minimum absolute atomic E-state index is 0.00897. The van der Waals surface area contributed by atoms with Gasteiger partial charge in [0.25, 0.3) is 5.91 Å². The molecule has 0 radical (unpaired) electrons. The normalized spacial score (nSPS) is 15.6. The summed E-state index contributed by atoms with van der Waals surface area (Å²) in [5.41, 5.74) is 1.74. The summed E-state index contributed by atoms with van der Waals surface area (Å²) >= 11 is 0. The van der Waals surface area contributed by atoms with Crippen molar-refractivity contribution >= 4 is 28.3 Å². The number of ether oxygens (including phenoxy) is 3. The van der Waals surface area contributed by atoms with Gasteiger partial charge in [0, 0.05) is 29.8 Å². The van der Waals surface area contributed by atoms with E-state index >= 15 is 0 Å². The van der Waals surface area contributed by atoms with E-state index in [-0.39, 0.29) is 18.6 Å². The van der Waals surface area contributed by atoms with Crippen molar-refractivity contribution in [3.05, 3.63) is 48.0 Å². The Morgan fingerprint density at radius 3 is 2.50 bits per heavy atom. The first-order valence-corrected chi connectivity index (χ1v) is 10.5. The van der Waals surface area contributed by atoms with Gasteiger partial charge in [-0.2, -0.15) is 0 Å². The number of para-hydroxylation sites is 1. The summed E-state index contributed by atoms with van der Waals surface area (Å²) in [6.45, 7) is 0.853. The summed E-state index contributed by atoms with van der Waals surface area (Å²) in [6.07, 6.45) is 1.88. The van der Waals surface area contributed by atoms with Crippen LogP contribution in [0.1, 0.15) is 23.2 Å². The summed E-state index contributed by atoms with van der Waals surface area (Å²) in [5, 5.41) is 13.4. The summed E-state index contributed by atoms with van der Waals surface area (Å²) in [5.74, 6) is 1.76. The number of hydrogen-bond acceptors (Lipinski definition) is 7. The van der Waals surface area contributed by atoms with E-state index in [2.05, 4.69) is 10.2 Å². The zero-order chi connectivity index (χ0) is 22.7. The first-order chi connectivity index (χ1) is 15.6. The number of rotatable bonds is 7. The highest BCUT2D eigenvalue weighted by Gasteiger charge is 2.26. The highest BCUT2D eigenvalue weighted by atomic mass is 16.5. The van der Waals surface area contributed by atoms with Gasteiger partial charge < -0.3 is 29.5 Å². The second-order valence-corrected chi connectivity index (χ2v) is 7.59. The molecule has 2 aromatic carbocycles. The monoisotopic (exact) mass is 437 g/mol. The molecular weight excluding hydrogens is 410 g/mol. The molecule has 1 amide bonds. The highest BCUT2D eigenvalue weighted by molar-refractivity contribution is 6.13. The molecule has 2 N–H and O–H groups in total. The van der Waals surface area contributed by atoms with Crippen LogP contribution in [0.3, 0.4) is 0 Å². The number of benzene rings is 2. The smallest absolute Gasteiger partial charge is 0.256 e. The van der Waals surface area contributed by atoms with Gasteiger partial charge in [0.1, 0.15) is 5.82 Å². The molecule has 1 unspecified atom stereocenters. The van der Waals surface area contributed by atoms with Crippen LogP contribution in [0.2, 0.25) is 0 Å². The molecule has 1 atom stereocenters. The fraction of sp³-hybridized carbons (Fsp3) is 0.333. The van der Waals surface area contributed by atoms with Crippen LogP contribution >= 0.6 is 0 Å². The van der Waals surface area contributed by atoms with Gasteiger partial charge in [-0.25, -0.2) is 4.98 Å². The van der Waals surface area contributed by atoms with Crippen LogP contribution in [-0.2, 0) is 0 Å². The number of aliphatic hydroxyl groups excluding tert-OH is 1. The summed E-state index contributed by atoms with van der Waals surface area (Å²) in [7, 11) is 4.58. The summed E-state index contributed by atoms with van der Waals surface area (Å²) in [4.78, 5) is 20.2. The Morgan fingerprint density at radius 1 is 1.12 bits per heavy atom. The Balaban J connectivity index is 1.74. The molecule has 1 saturated heterocycles. The van der Waals surface area contributed by atoms with Gasteiger partial charge >= 0.3 is 0 Å². The van der Waals surface area contributed by atoms with E-state index in [1.807, 2.05) is 24.3 Å². The number of amides is 1. The van der Waals surface area contributed by atoms with E-state index < -0.39 is 0 Å². The lowest BCUT2D eigenvalue weighted by molar-refractivity contribution is 0.102. The third kappa shape index (κ3) is 4.01. The zero-order valence-corrected chi connectivity index (χ0v) is 18.4. The van der Waals surface area contributed by atoms with Crippen molar-refractivity contribution in [1.29, 1.82) is 0 Å². The molecule has 1 aliphatic heterocycles. The maximum Gasteiger partial charge on any atom is 0.256 e. The SMILES string of the molecule is COc1cc(NC(=O)c2cc(N3CCCC3CO)nc3ccccc23)cc(OC)c1OC. The van der Waals surface area contributed by atoms with E-state index in [1.54, 1.807) is 18.2 Å². The lowest BCUT2D eigenvalue weighted by atomic mass is 10.1. The molecule has 8 heteroatoms. The Labute approximate surface area is 186 Å². The number of fused-ring (bicyclic) bond motifs is 1. The van der Waals surface area contributed by atoms with Crippen molar-refractivity contribution in [2.24, 2.45) is 0 Å². The lowest BCUT2D eigenvalue weighted by Crippen LogP contribution is -2.33. The van der Waals surface area contributed by atoms with Gasteiger partial charge in [0.2, 0.25) is 5.75 Å². The molecule has 168 valence electrons. The first-order valence-electron chi connectivity index (χ1n) is 10.5. The Morgan fingerprint density at radius 2 is 1.84 bits per heavy atom. The van der Waals surface area contributed by atoms with Crippen molar-refractivity contribution in [1.82, 2.24) is 4.98 Å². The molecule has 1 fully saturated rings. The van der Waals surface area contributed by atoms with Crippen LogP contribution in [-0.4, -0.2) is 56.5 Å². The maximum absolute atomic E-state index is 13.4. The third-order valence-corrected chi connectivity index (χ3v) is 5.75. The van der Waals surface area contributed by atoms with Gasteiger partial charge in [0.15, 0.2) is 11.5 Å². The zero-order valence-electron chi connectivity index (χ0n) is 18.4. The van der Waals surface area contributed by atoms with Crippen LogP contribution in [0.4, 0.5) is 11.5 Å². The highest BCUT2D eigenvalue weighted by Crippen LogP contribution is 2.40. The predicted molar refractivity (Wildman–Crippen MR) is 123 cm³/mol. The third-order valence-electron chi connectivity index (χ3n) is 5.75. The number of pyridine rings is 1. The van der Waals surface area contributed by atoms with Gasteiger partial charge in [0.05, 0.1) is 45.1 Å². The van der Waals surface area contributed by atoms with Crippen LogP contribution in [0.5, 0.6) is 17.2 Å². The van der Waals surface area contributed by atoms with Crippen LogP contribution in [0.25, 0.3) is 10.9 Å². The van der Waals surface area contributed by atoms with Crippen molar-refractivity contribution in [3.63, 3.8) is 0 Å². The molecule has 32 heavy (non-hydrogen) atoms. The lowest BCUT2D eigenvalue weighted by Gasteiger charge is -2.25. The first kappa shape index (κ1) is 21.7. The van der Waals surface area contributed by atoms with Gasteiger partial charge in [-0.3, -0.25) is 4.79 Å². The molecule has 8 nitrogen and oxygen atoms in total. The molecule has 0 spiro atoms. The van der Waals surface area contributed by atoms with Gasteiger partial charge in [-0.1, -0.05) is 18.2 Å². The van der Waals surface area contributed by atoms with Gasteiger partial charge in [-0.05, 0) is 25.0 Å². The molecular formula is C24H27N3O5. The number of hydrogen-bond donors (Lipinski definition) is 2. The number of anilines is 2. The molecule has 0 aliphatic carbocycles. The Kier molecular flexibility index (Phi) is 6.32.